The smallest absolute Gasteiger partial charge is 0.251 e. The van der Waals surface area contributed by atoms with Crippen LogP contribution in [0.25, 0.3) is 10.8 Å². The maximum absolute atomic E-state index is 12.5. The van der Waals surface area contributed by atoms with Crippen molar-refractivity contribution >= 4 is 40.9 Å². The highest BCUT2D eigenvalue weighted by Crippen LogP contribution is 2.18. The van der Waals surface area contributed by atoms with Crippen LogP contribution < -0.4 is 16.4 Å². The van der Waals surface area contributed by atoms with Gasteiger partial charge < -0.3 is 21.3 Å². The number of nitrogens with zero attached hydrogens (tertiary/aromatic N) is 1. The van der Waals surface area contributed by atoms with Gasteiger partial charge >= 0.3 is 0 Å². The molecule has 0 bridgehead atoms. The molecule has 2 aromatic rings. The molecule has 1 aliphatic heterocycles. The predicted octanol–water partition coefficient (Wildman–Crippen LogP) is 1.70. The van der Waals surface area contributed by atoms with Gasteiger partial charge in [0.1, 0.15) is 0 Å². The molecule has 0 radical (unpaired) electrons. The second kappa shape index (κ2) is 11.5. The fourth-order valence-electron chi connectivity index (χ4n) is 3.63. The lowest BCUT2D eigenvalue weighted by Crippen LogP contribution is -2.46. The van der Waals surface area contributed by atoms with Crippen LogP contribution in [0.15, 0.2) is 42.5 Å². The first kappa shape index (κ1) is 23.6. The van der Waals surface area contributed by atoms with Crippen molar-refractivity contribution in [3.8, 4) is 0 Å². The number of likely N-dealkylation sites (tertiary alicyclic amines) is 1. The lowest BCUT2D eigenvalue weighted by molar-refractivity contribution is -0.135. The Kier molecular flexibility index (Phi) is 9.08. The van der Waals surface area contributed by atoms with E-state index in [2.05, 4.69) is 10.6 Å². The number of hydrogen-bond donors (Lipinski definition) is 3. The van der Waals surface area contributed by atoms with Gasteiger partial charge in [-0.2, -0.15) is 0 Å². The second-order valence-corrected chi connectivity index (χ2v) is 7.33. The number of benzene rings is 2. The first-order valence-electron chi connectivity index (χ1n) is 10.1. The molecule has 1 saturated heterocycles. The predicted molar refractivity (Wildman–Crippen MR) is 120 cm³/mol. The molecule has 0 spiro atoms. The second-order valence-electron chi connectivity index (χ2n) is 7.33. The van der Waals surface area contributed by atoms with Crippen molar-refractivity contribution in [1.82, 2.24) is 15.5 Å². The molecule has 8 heteroatoms. The van der Waals surface area contributed by atoms with E-state index in [9.17, 15) is 14.4 Å². The van der Waals surface area contributed by atoms with Crippen molar-refractivity contribution in [2.45, 2.75) is 19.3 Å². The van der Waals surface area contributed by atoms with Gasteiger partial charge in [-0.25, -0.2) is 0 Å². The van der Waals surface area contributed by atoms with Gasteiger partial charge in [0.25, 0.3) is 5.91 Å². The third kappa shape index (κ3) is 6.18. The lowest BCUT2D eigenvalue weighted by atomic mass is 9.97. The summed E-state index contributed by atoms with van der Waals surface area (Å²) in [6.07, 6.45) is 1.80. The van der Waals surface area contributed by atoms with Gasteiger partial charge in [-0.1, -0.05) is 30.3 Å². The molecular formula is C22H29ClN4O3. The number of piperidine rings is 1. The molecule has 1 atom stereocenters. The summed E-state index contributed by atoms with van der Waals surface area (Å²) in [6.45, 7) is 2.19. The Labute approximate surface area is 182 Å². The topological polar surface area (TPSA) is 105 Å². The quantitative estimate of drug-likeness (QED) is 0.619. The molecule has 1 aliphatic rings. The van der Waals surface area contributed by atoms with Crippen LogP contribution >= 0.6 is 12.4 Å². The highest BCUT2D eigenvalue weighted by Gasteiger charge is 2.27. The summed E-state index contributed by atoms with van der Waals surface area (Å²) in [6, 6.07) is 13.4. The van der Waals surface area contributed by atoms with E-state index < -0.39 is 0 Å². The number of amides is 3. The van der Waals surface area contributed by atoms with Crippen LogP contribution in [0.5, 0.6) is 0 Å². The number of carbonyl (C=O) groups is 3. The average Bonchev–Trinajstić information content (AvgIpc) is 2.77. The molecule has 2 aromatic carbocycles. The Hall–Kier alpha value is -2.64. The summed E-state index contributed by atoms with van der Waals surface area (Å²) >= 11 is 0. The van der Waals surface area contributed by atoms with Crippen LogP contribution in [0, 0.1) is 5.92 Å². The Morgan fingerprint density at radius 3 is 2.57 bits per heavy atom. The van der Waals surface area contributed by atoms with E-state index in [-0.39, 0.29) is 49.0 Å². The number of hydrogen-bond acceptors (Lipinski definition) is 4. The zero-order chi connectivity index (χ0) is 20.6. The van der Waals surface area contributed by atoms with Crippen molar-refractivity contribution in [3.05, 3.63) is 48.0 Å². The molecule has 0 saturated carbocycles. The maximum atomic E-state index is 12.5. The van der Waals surface area contributed by atoms with E-state index >= 15 is 0 Å². The van der Waals surface area contributed by atoms with Crippen molar-refractivity contribution in [3.63, 3.8) is 0 Å². The van der Waals surface area contributed by atoms with Crippen LogP contribution in [-0.2, 0) is 9.59 Å². The monoisotopic (exact) mass is 432 g/mol. The van der Waals surface area contributed by atoms with Crippen LogP contribution in [0.2, 0.25) is 0 Å². The molecule has 3 amide bonds. The number of halogens is 1. The summed E-state index contributed by atoms with van der Waals surface area (Å²) < 4.78 is 0. The minimum absolute atomic E-state index is 0. The molecular weight excluding hydrogens is 404 g/mol. The summed E-state index contributed by atoms with van der Waals surface area (Å²) in [5, 5.41) is 7.69. The standard InChI is InChI=1S/C22H28N4O3.ClH/c23-10-12-25-22(29)19-6-3-13-26(15-19)20(27)9-11-24-21(28)18-8-7-16-4-1-2-5-17(16)14-18;/h1-2,4-5,7-8,14,19H,3,6,9-13,15,23H2,(H,24,28)(H,25,29);1H. The maximum Gasteiger partial charge on any atom is 0.251 e. The highest BCUT2D eigenvalue weighted by atomic mass is 35.5. The third-order valence-electron chi connectivity index (χ3n) is 5.22. The molecule has 3 rings (SSSR count). The van der Waals surface area contributed by atoms with E-state index in [1.54, 1.807) is 11.0 Å². The number of carbonyl (C=O) groups excluding carboxylic acids is 3. The Morgan fingerprint density at radius 1 is 1.03 bits per heavy atom. The molecule has 1 unspecified atom stereocenters. The van der Waals surface area contributed by atoms with Crippen molar-refractivity contribution in [2.24, 2.45) is 11.7 Å². The molecule has 1 fully saturated rings. The molecule has 4 N–H and O–H groups in total. The first-order chi connectivity index (χ1) is 14.1. The fraction of sp³-hybridized carbons (Fsp3) is 0.409. The first-order valence-corrected chi connectivity index (χ1v) is 10.1. The third-order valence-corrected chi connectivity index (χ3v) is 5.22. The number of nitrogens with one attached hydrogen (secondary N) is 2. The molecule has 162 valence electrons. The van der Waals surface area contributed by atoms with E-state index in [0.29, 0.717) is 31.7 Å². The minimum Gasteiger partial charge on any atom is -0.355 e. The van der Waals surface area contributed by atoms with Crippen LogP contribution in [0.3, 0.4) is 0 Å². The summed E-state index contributed by atoms with van der Waals surface area (Å²) in [5.74, 6) is -0.467. The van der Waals surface area contributed by atoms with E-state index in [1.807, 2.05) is 36.4 Å². The fourth-order valence-corrected chi connectivity index (χ4v) is 3.63. The molecule has 0 aliphatic carbocycles. The van der Waals surface area contributed by atoms with Crippen LogP contribution in [-0.4, -0.2) is 55.3 Å². The van der Waals surface area contributed by atoms with Crippen LogP contribution in [0.1, 0.15) is 29.6 Å². The average molecular weight is 433 g/mol. The molecule has 30 heavy (non-hydrogen) atoms. The zero-order valence-electron chi connectivity index (χ0n) is 16.9. The van der Waals surface area contributed by atoms with Crippen LogP contribution in [0.4, 0.5) is 0 Å². The molecule has 7 nitrogen and oxygen atoms in total. The summed E-state index contributed by atoms with van der Waals surface area (Å²) in [7, 11) is 0. The Balaban J connectivity index is 0.00000320. The largest absolute Gasteiger partial charge is 0.355 e. The summed E-state index contributed by atoms with van der Waals surface area (Å²) in [5.41, 5.74) is 5.99. The Morgan fingerprint density at radius 2 is 1.80 bits per heavy atom. The van der Waals surface area contributed by atoms with Crippen molar-refractivity contribution < 1.29 is 14.4 Å². The van der Waals surface area contributed by atoms with Gasteiger partial charge in [-0.3, -0.25) is 14.4 Å². The van der Waals surface area contributed by atoms with Gasteiger partial charge in [0.05, 0.1) is 5.92 Å². The van der Waals surface area contributed by atoms with Crippen molar-refractivity contribution in [1.29, 1.82) is 0 Å². The van der Waals surface area contributed by atoms with Gasteiger partial charge in [0, 0.05) is 44.7 Å². The van der Waals surface area contributed by atoms with Gasteiger partial charge in [-0.05, 0) is 35.7 Å². The number of fused-ring (bicyclic) bond motifs is 1. The normalized spacial score (nSPS) is 15.9. The van der Waals surface area contributed by atoms with Gasteiger partial charge in [-0.15, -0.1) is 12.4 Å². The van der Waals surface area contributed by atoms with E-state index in [4.69, 9.17) is 5.73 Å². The highest BCUT2D eigenvalue weighted by molar-refractivity contribution is 5.98. The van der Waals surface area contributed by atoms with Crippen molar-refractivity contribution in [2.75, 3.05) is 32.7 Å². The summed E-state index contributed by atoms with van der Waals surface area (Å²) in [4.78, 5) is 38.7. The zero-order valence-corrected chi connectivity index (χ0v) is 17.7. The van der Waals surface area contributed by atoms with Gasteiger partial charge in [0.15, 0.2) is 0 Å². The molecule has 1 heterocycles. The lowest BCUT2D eigenvalue weighted by Gasteiger charge is -2.32. The van der Waals surface area contributed by atoms with Gasteiger partial charge in [0.2, 0.25) is 11.8 Å². The van der Waals surface area contributed by atoms with E-state index in [0.717, 1.165) is 23.6 Å². The number of rotatable bonds is 7. The molecule has 0 aromatic heterocycles. The SMILES string of the molecule is Cl.NCCNC(=O)C1CCCN(C(=O)CCNC(=O)c2ccc3ccccc3c2)C1. The Bertz CT molecular complexity index is 890. The minimum atomic E-state index is -0.193. The number of nitrogens with two attached hydrogens (primary N) is 1. The van der Waals surface area contributed by atoms with E-state index in [1.165, 1.54) is 0 Å².